The van der Waals surface area contributed by atoms with Crippen LogP contribution in [0.25, 0.3) is 0 Å². The van der Waals surface area contributed by atoms with E-state index in [1.807, 2.05) is 30.3 Å². The van der Waals surface area contributed by atoms with E-state index in [-0.39, 0.29) is 45.5 Å². The number of halogens is 3. The number of hydrogen-bond donors (Lipinski definition) is 1. The van der Waals surface area contributed by atoms with E-state index in [1.54, 1.807) is 42.5 Å². The fraction of sp³-hybridized carbons (Fsp3) is 0.278. The highest BCUT2D eigenvalue weighted by molar-refractivity contribution is 7.92. The molecular formula is C36H36Cl3N3O4S. The third kappa shape index (κ3) is 9.29. The number of nitrogens with one attached hydrogen (secondary N) is 1. The first-order valence-corrected chi connectivity index (χ1v) is 18.1. The van der Waals surface area contributed by atoms with Gasteiger partial charge in [-0.2, -0.15) is 0 Å². The van der Waals surface area contributed by atoms with Gasteiger partial charge in [-0.1, -0.05) is 115 Å². The summed E-state index contributed by atoms with van der Waals surface area (Å²) in [6, 6.07) is 27.8. The fourth-order valence-corrected chi connectivity index (χ4v) is 7.88. The Morgan fingerprint density at radius 1 is 0.745 bits per heavy atom. The highest BCUT2D eigenvalue weighted by Gasteiger charge is 2.35. The van der Waals surface area contributed by atoms with Crippen LogP contribution in [0.4, 0.5) is 5.69 Å². The van der Waals surface area contributed by atoms with Gasteiger partial charge in [0.15, 0.2) is 0 Å². The lowest BCUT2D eigenvalue weighted by Crippen LogP contribution is -2.55. The van der Waals surface area contributed by atoms with Crippen LogP contribution in [0.1, 0.15) is 43.2 Å². The monoisotopic (exact) mass is 711 g/mol. The maximum atomic E-state index is 14.6. The molecular weight excluding hydrogens is 677 g/mol. The zero-order valence-corrected chi connectivity index (χ0v) is 28.8. The molecule has 4 aromatic carbocycles. The second-order valence-electron chi connectivity index (χ2n) is 11.6. The van der Waals surface area contributed by atoms with Crippen molar-refractivity contribution in [1.29, 1.82) is 0 Å². The van der Waals surface area contributed by atoms with Gasteiger partial charge < -0.3 is 10.2 Å². The quantitative estimate of drug-likeness (QED) is 0.162. The molecule has 1 atom stereocenters. The van der Waals surface area contributed by atoms with Crippen molar-refractivity contribution in [3.63, 3.8) is 0 Å². The lowest BCUT2D eigenvalue weighted by molar-refractivity contribution is -0.140. The minimum Gasteiger partial charge on any atom is -0.352 e. The van der Waals surface area contributed by atoms with E-state index < -0.39 is 28.5 Å². The normalized spacial score (nSPS) is 14.3. The summed E-state index contributed by atoms with van der Waals surface area (Å²) in [5.41, 5.74) is 1.72. The van der Waals surface area contributed by atoms with Gasteiger partial charge in [0.05, 0.1) is 10.6 Å². The highest BCUT2D eigenvalue weighted by Crippen LogP contribution is 2.30. The molecule has 47 heavy (non-hydrogen) atoms. The molecule has 0 bridgehead atoms. The van der Waals surface area contributed by atoms with Crippen molar-refractivity contribution >= 4 is 62.3 Å². The number of rotatable bonds is 12. The number of nitrogens with zero attached hydrogens (tertiary/aromatic N) is 2. The number of carbonyl (C=O) groups is 2. The van der Waals surface area contributed by atoms with Crippen LogP contribution in [0.3, 0.4) is 0 Å². The Kier molecular flexibility index (Phi) is 11.9. The largest absolute Gasteiger partial charge is 0.352 e. The second kappa shape index (κ2) is 16.0. The maximum absolute atomic E-state index is 14.6. The topological polar surface area (TPSA) is 86.8 Å². The molecule has 0 radical (unpaired) electrons. The standard InChI is InChI=1S/C36H36Cl3N3O4S/c37-28-18-16-27(17-19-28)24-41(34(20-26-10-4-1-5-11-26)36(44)40-31-12-6-2-7-13-31)35(43)25-42(32-22-29(38)21-30(39)23-32)47(45,46)33-14-8-3-9-15-33/h1,3-5,8-11,14-19,21-23,31,34H,2,6-7,12-13,20,24-25H2,(H,40,44)/t34-/m0/s1. The van der Waals surface area contributed by atoms with Crippen molar-refractivity contribution < 1.29 is 18.0 Å². The molecule has 1 saturated carbocycles. The van der Waals surface area contributed by atoms with Crippen LogP contribution >= 0.6 is 34.8 Å². The zero-order valence-electron chi connectivity index (χ0n) is 25.7. The smallest absolute Gasteiger partial charge is 0.264 e. The minimum absolute atomic E-state index is 0.00515. The fourth-order valence-electron chi connectivity index (χ4n) is 5.82. The third-order valence-corrected chi connectivity index (χ3v) is 10.7. The van der Waals surface area contributed by atoms with Gasteiger partial charge in [-0.3, -0.25) is 13.9 Å². The molecule has 1 N–H and O–H groups in total. The Hall–Kier alpha value is -3.56. The van der Waals surface area contributed by atoms with Crippen molar-refractivity contribution in [2.45, 2.75) is 62.0 Å². The molecule has 0 aliphatic heterocycles. The Labute approximate surface area is 291 Å². The van der Waals surface area contributed by atoms with Crippen molar-refractivity contribution in [2.24, 2.45) is 0 Å². The van der Waals surface area contributed by atoms with Crippen molar-refractivity contribution in [2.75, 3.05) is 10.8 Å². The lowest BCUT2D eigenvalue weighted by Gasteiger charge is -2.35. The first kappa shape index (κ1) is 34.8. The van der Waals surface area contributed by atoms with Crippen molar-refractivity contribution in [3.05, 3.63) is 129 Å². The number of hydrogen-bond acceptors (Lipinski definition) is 4. The van der Waals surface area contributed by atoms with E-state index in [2.05, 4.69) is 5.32 Å². The van der Waals surface area contributed by atoms with Crippen LogP contribution in [0, 0.1) is 0 Å². The molecule has 1 aliphatic rings. The van der Waals surface area contributed by atoms with E-state index in [9.17, 15) is 18.0 Å². The number of sulfonamides is 1. The zero-order chi connectivity index (χ0) is 33.4. The van der Waals surface area contributed by atoms with Gasteiger partial charge in [-0.25, -0.2) is 8.42 Å². The summed E-state index contributed by atoms with van der Waals surface area (Å²) < 4.78 is 29.3. The first-order chi connectivity index (χ1) is 22.6. The van der Waals surface area contributed by atoms with E-state index in [0.717, 1.165) is 47.5 Å². The SMILES string of the molecule is O=C(NC1CCCCC1)[C@H](Cc1ccccc1)N(Cc1ccc(Cl)cc1)C(=O)CN(c1cc(Cl)cc(Cl)c1)S(=O)(=O)c1ccccc1. The summed E-state index contributed by atoms with van der Waals surface area (Å²) in [5.74, 6) is -0.860. The summed E-state index contributed by atoms with van der Waals surface area (Å²) in [4.78, 5) is 30.3. The van der Waals surface area contributed by atoms with Crippen LogP contribution in [-0.2, 0) is 32.6 Å². The molecule has 5 rings (SSSR count). The van der Waals surface area contributed by atoms with Crippen LogP contribution in [-0.4, -0.2) is 43.8 Å². The Morgan fingerprint density at radius 3 is 1.96 bits per heavy atom. The Bertz CT molecular complexity index is 1750. The van der Waals surface area contributed by atoms with Crippen LogP contribution < -0.4 is 9.62 Å². The summed E-state index contributed by atoms with van der Waals surface area (Å²) in [7, 11) is -4.27. The van der Waals surface area contributed by atoms with Crippen molar-refractivity contribution in [1.82, 2.24) is 10.2 Å². The molecule has 2 amide bonds. The molecule has 0 unspecified atom stereocenters. The summed E-state index contributed by atoms with van der Waals surface area (Å²) in [6.07, 6.45) is 5.14. The highest BCUT2D eigenvalue weighted by atomic mass is 35.5. The molecule has 0 aromatic heterocycles. The third-order valence-electron chi connectivity index (χ3n) is 8.23. The molecule has 1 fully saturated rings. The molecule has 7 nitrogen and oxygen atoms in total. The van der Waals surface area contributed by atoms with E-state index in [4.69, 9.17) is 34.8 Å². The minimum atomic E-state index is -4.27. The number of benzene rings is 4. The predicted molar refractivity (Wildman–Crippen MR) is 188 cm³/mol. The average Bonchev–Trinajstić information content (AvgIpc) is 3.06. The van der Waals surface area contributed by atoms with Gasteiger partial charge in [0, 0.05) is 34.1 Å². The van der Waals surface area contributed by atoms with Crippen LogP contribution in [0.15, 0.2) is 108 Å². The van der Waals surface area contributed by atoms with Crippen LogP contribution in [0.5, 0.6) is 0 Å². The lowest BCUT2D eigenvalue weighted by atomic mass is 9.94. The first-order valence-electron chi connectivity index (χ1n) is 15.5. The molecule has 0 spiro atoms. The molecule has 1 aliphatic carbocycles. The van der Waals surface area contributed by atoms with Gasteiger partial charge >= 0.3 is 0 Å². The number of anilines is 1. The van der Waals surface area contributed by atoms with Crippen molar-refractivity contribution in [3.8, 4) is 0 Å². The van der Waals surface area contributed by atoms with E-state index >= 15 is 0 Å². The van der Waals surface area contributed by atoms with Crippen LogP contribution in [0.2, 0.25) is 15.1 Å². The average molecular weight is 713 g/mol. The number of amides is 2. The maximum Gasteiger partial charge on any atom is 0.264 e. The summed E-state index contributed by atoms with van der Waals surface area (Å²) in [6.45, 7) is -0.565. The summed E-state index contributed by atoms with van der Waals surface area (Å²) >= 11 is 18.8. The van der Waals surface area contributed by atoms with E-state index in [0.29, 0.717) is 5.02 Å². The van der Waals surface area contributed by atoms with Gasteiger partial charge in [-0.15, -0.1) is 0 Å². The van der Waals surface area contributed by atoms with Gasteiger partial charge in [0.1, 0.15) is 12.6 Å². The molecule has 246 valence electrons. The second-order valence-corrected chi connectivity index (χ2v) is 14.8. The van der Waals surface area contributed by atoms with Gasteiger partial charge in [0.25, 0.3) is 10.0 Å². The number of carbonyl (C=O) groups excluding carboxylic acids is 2. The van der Waals surface area contributed by atoms with Gasteiger partial charge in [-0.05, 0) is 66.4 Å². The predicted octanol–water partition coefficient (Wildman–Crippen LogP) is 7.93. The van der Waals surface area contributed by atoms with E-state index in [1.165, 1.54) is 35.2 Å². The molecule has 0 heterocycles. The molecule has 0 saturated heterocycles. The summed E-state index contributed by atoms with van der Waals surface area (Å²) in [5, 5.41) is 4.15. The Balaban J connectivity index is 1.57. The molecule has 11 heteroatoms. The van der Waals surface area contributed by atoms with Gasteiger partial charge in [0.2, 0.25) is 11.8 Å². The Morgan fingerprint density at radius 2 is 1.34 bits per heavy atom. The molecule has 4 aromatic rings.